The second-order valence-corrected chi connectivity index (χ2v) is 4.24. The molecular weight excluding hydrogens is 208 g/mol. The first-order valence-corrected chi connectivity index (χ1v) is 5.81. The molecule has 2 atom stereocenters. The molecule has 1 rings (SSSR count). The lowest BCUT2D eigenvalue weighted by molar-refractivity contribution is -0.126. The highest BCUT2D eigenvalue weighted by molar-refractivity contribution is 5.77. The summed E-state index contributed by atoms with van der Waals surface area (Å²) >= 11 is 0. The monoisotopic (exact) mass is 230 g/mol. The summed E-state index contributed by atoms with van der Waals surface area (Å²) < 4.78 is 10.6. The summed E-state index contributed by atoms with van der Waals surface area (Å²) in [5.41, 5.74) is 0. The van der Waals surface area contributed by atoms with E-state index < -0.39 is 0 Å². The zero-order chi connectivity index (χ0) is 11.8. The number of carbonyl (C=O) groups is 1. The molecule has 5 nitrogen and oxygen atoms in total. The zero-order valence-electron chi connectivity index (χ0n) is 10.1. The summed E-state index contributed by atoms with van der Waals surface area (Å²) in [5.74, 6) is 0.407. The van der Waals surface area contributed by atoms with Crippen molar-refractivity contribution in [2.45, 2.75) is 19.4 Å². The first kappa shape index (κ1) is 13.4. The largest absolute Gasteiger partial charge is 0.381 e. The Hall–Kier alpha value is -0.650. The summed E-state index contributed by atoms with van der Waals surface area (Å²) in [6.45, 7) is 4.99. The van der Waals surface area contributed by atoms with Gasteiger partial charge in [0.05, 0.1) is 13.2 Å². The molecule has 1 aliphatic heterocycles. The van der Waals surface area contributed by atoms with Gasteiger partial charge in [-0.25, -0.2) is 0 Å². The molecule has 0 aromatic rings. The van der Waals surface area contributed by atoms with Gasteiger partial charge in [0.15, 0.2) is 0 Å². The minimum atomic E-state index is -0.0546. The van der Waals surface area contributed by atoms with Crippen LogP contribution in [-0.4, -0.2) is 52.0 Å². The predicted octanol–water partition coefficient (Wildman–Crippen LogP) is -0.236. The average molecular weight is 230 g/mol. The lowest BCUT2D eigenvalue weighted by Crippen LogP contribution is -2.38. The molecule has 0 spiro atoms. The number of amides is 1. The normalized spacial score (nSPS) is 22.0. The third-order valence-corrected chi connectivity index (χ3v) is 2.71. The number of carbonyl (C=O) groups excluding carboxylic acids is 1. The first-order chi connectivity index (χ1) is 7.72. The summed E-state index contributed by atoms with van der Waals surface area (Å²) in [5, 5.41) is 5.85. The van der Waals surface area contributed by atoms with Gasteiger partial charge >= 0.3 is 0 Å². The van der Waals surface area contributed by atoms with E-state index >= 15 is 0 Å². The van der Waals surface area contributed by atoms with Crippen molar-refractivity contribution in [1.29, 1.82) is 0 Å². The van der Waals surface area contributed by atoms with E-state index in [1.54, 1.807) is 0 Å². The molecule has 1 fully saturated rings. The van der Waals surface area contributed by atoms with Gasteiger partial charge in [0.2, 0.25) is 5.91 Å². The molecule has 2 N–H and O–H groups in total. The standard InChI is InChI=1S/C11H22N2O3/c1-9(12-2)5-13-11(14)8-16-7-10-3-4-15-6-10/h9-10,12H,3-8H2,1-2H3,(H,13,14). The number of nitrogens with one attached hydrogen (secondary N) is 2. The Morgan fingerprint density at radius 2 is 2.44 bits per heavy atom. The van der Waals surface area contributed by atoms with Crippen LogP contribution >= 0.6 is 0 Å². The van der Waals surface area contributed by atoms with Gasteiger partial charge in [0, 0.05) is 25.1 Å². The maximum absolute atomic E-state index is 11.3. The molecule has 0 aromatic carbocycles. The Kier molecular flexibility index (Phi) is 6.37. The number of hydrogen-bond acceptors (Lipinski definition) is 4. The van der Waals surface area contributed by atoms with E-state index in [9.17, 15) is 4.79 Å². The van der Waals surface area contributed by atoms with Crippen LogP contribution < -0.4 is 10.6 Å². The van der Waals surface area contributed by atoms with Crippen LogP contribution in [0.4, 0.5) is 0 Å². The van der Waals surface area contributed by atoms with Crippen molar-refractivity contribution in [1.82, 2.24) is 10.6 Å². The fourth-order valence-electron chi connectivity index (χ4n) is 1.45. The summed E-state index contributed by atoms with van der Waals surface area (Å²) in [7, 11) is 1.87. The van der Waals surface area contributed by atoms with Crippen molar-refractivity contribution in [2.75, 3.05) is 40.0 Å². The van der Waals surface area contributed by atoms with Crippen LogP contribution in [0, 0.1) is 5.92 Å². The van der Waals surface area contributed by atoms with Crippen molar-refractivity contribution in [3.8, 4) is 0 Å². The van der Waals surface area contributed by atoms with Crippen molar-refractivity contribution < 1.29 is 14.3 Å². The summed E-state index contributed by atoms with van der Waals surface area (Å²) in [6.07, 6.45) is 1.04. The van der Waals surface area contributed by atoms with Gasteiger partial charge in [0.1, 0.15) is 6.61 Å². The number of likely N-dealkylation sites (N-methyl/N-ethyl adjacent to an activating group) is 1. The van der Waals surface area contributed by atoms with Gasteiger partial charge in [-0.3, -0.25) is 4.79 Å². The maximum Gasteiger partial charge on any atom is 0.246 e. The SMILES string of the molecule is CNC(C)CNC(=O)COCC1CCOC1. The molecule has 1 heterocycles. The third kappa shape index (κ3) is 5.44. The Labute approximate surface area is 96.9 Å². The van der Waals surface area contributed by atoms with Gasteiger partial charge in [-0.2, -0.15) is 0 Å². The van der Waals surface area contributed by atoms with E-state index in [0.717, 1.165) is 19.6 Å². The van der Waals surface area contributed by atoms with Crippen LogP contribution in [0.15, 0.2) is 0 Å². The van der Waals surface area contributed by atoms with E-state index in [1.807, 2.05) is 14.0 Å². The highest BCUT2D eigenvalue weighted by atomic mass is 16.5. The van der Waals surface area contributed by atoms with Gasteiger partial charge in [-0.15, -0.1) is 0 Å². The molecule has 5 heteroatoms. The van der Waals surface area contributed by atoms with E-state index in [-0.39, 0.29) is 18.6 Å². The van der Waals surface area contributed by atoms with E-state index in [1.165, 1.54) is 0 Å². The minimum Gasteiger partial charge on any atom is -0.381 e. The van der Waals surface area contributed by atoms with Crippen LogP contribution in [0.25, 0.3) is 0 Å². The molecule has 16 heavy (non-hydrogen) atoms. The molecule has 1 aliphatic rings. The molecule has 0 saturated carbocycles. The van der Waals surface area contributed by atoms with Crippen LogP contribution in [0.3, 0.4) is 0 Å². The fourth-order valence-corrected chi connectivity index (χ4v) is 1.45. The molecule has 0 aliphatic carbocycles. The van der Waals surface area contributed by atoms with E-state index in [0.29, 0.717) is 19.1 Å². The van der Waals surface area contributed by atoms with E-state index in [2.05, 4.69) is 10.6 Å². The van der Waals surface area contributed by atoms with E-state index in [4.69, 9.17) is 9.47 Å². The Balaban J connectivity index is 1.97. The fraction of sp³-hybridized carbons (Fsp3) is 0.909. The van der Waals surface area contributed by atoms with Gasteiger partial charge in [-0.05, 0) is 20.4 Å². The number of rotatable bonds is 7. The molecular formula is C11H22N2O3. The third-order valence-electron chi connectivity index (χ3n) is 2.71. The maximum atomic E-state index is 11.3. The summed E-state index contributed by atoms with van der Waals surface area (Å²) in [4.78, 5) is 11.3. The predicted molar refractivity (Wildman–Crippen MR) is 61.3 cm³/mol. The molecule has 94 valence electrons. The second-order valence-electron chi connectivity index (χ2n) is 4.24. The van der Waals surface area contributed by atoms with Crippen molar-refractivity contribution in [3.63, 3.8) is 0 Å². The highest BCUT2D eigenvalue weighted by Gasteiger charge is 2.16. The average Bonchev–Trinajstić information content (AvgIpc) is 2.79. The quantitative estimate of drug-likeness (QED) is 0.634. The van der Waals surface area contributed by atoms with Crippen molar-refractivity contribution in [3.05, 3.63) is 0 Å². The van der Waals surface area contributed by atoms with Crippen LogP contribution in [0.5, 0.6) is 0 Å². The van der Waals surface area contributed by atoms with Crippen LogP contribution in [0.1, 0.15) is 13.3 Å². The van der Waals surface area contributed by atoms with Gasteiger partial charge < -0.3 is 20.1 Å². The molecule has 2 unspecified atom stereocenters. The minimum absolute atomic E-state index is 0.0546. The van der Waals surface area contributed by atoms with Crippen molar-refractivity contribution in [2.24, 2.45) is 5.92 Å². The number of ether oxygens (including phenoxy) is 2. The van der Waals surface area contributed by atoms with Crippen LogP contribution in [-0.2, 0) is 14.3 Å². The number of hydrogen-bond donors (Lipinski definition) is 2. The molecule has 1 amide bonds. The Morgan fingerprint density at radius 1 is 1.62 bits per heavy atom. The zero-order valence-corrected chi connectivity index (χ0v) is 10.1. The van der Waals surface area contributed by atoms with Crippen molar-refractivity contribution >= 4 is 5.91 Å². The first-order valence-electron chi connectivity index (χ1n) is 5.81. The Morgan fingerprint density at radius 3 is 3.06 bits per heavy atom. The molecule has 0 aromatic heterocycles. The van der Waals surface area contributed by atoms with Gasteiger partial charge in [-0.1, -0.05) is 0 Å². The molecule has 0 bridgehead atoms. The van der Waals surface area contributed by atoms with Gasteiger partial charge in [0.25, 0.3) is 0 Å². The lowest BCUT2D eigenvalue weighted by atomic mass is 10.1. The van der Waals surface area contributed by atoms with Crippen LogP contribution in [0.2, 0.25) is 0 Å². The topological polar surface area (TPSA) is 59.6 Å². The smallest absolute Gasteiger partial charge is 0.246 e. The molecule has 1 saturated heterocycles. The Bertz CT molecular complexity index is 205. The molecule has 0 radical (unpaired) electrons. The lowest BCUT2D eigenvalue weighted by Gasteiger charge is -2.12. The second kappa shape index (κ2) is 7.60. The highest BCUT2D eigenvalue weighted by Crippen LogP contribution is 2.11. The summed E-state index contributed by atoms with van der Waals surface area (Å²) in [6, 6.07) is 0.284.